The monoisotopic (exact) mass is 247 g/mol. The summed E-state index contributed by atoms with van der Waals surface area (Å²) in [6.07, 6.45) is -0.0661. The molecule has 0 heterocycles. The van der Waals surface area contributed by atoms with Crippen molar-refractivity contribution >= 4 is 12.1 Å². The maximum Gasteiger partial charge on any atom is 0.407 e. The van der Waals surface area contributed by atoms with Crippen LogP contribution in [0.1, 0.15) is 40.0 Å². The van der Waals surface area contributed by atoms with Crippen molar-refractivity contribution in [3.8, 4) is 0 Å². The number of carbonyl (C=O) groups is 2. The van der Waals surface area contributed by atoms with Gasteiger partial charge in [0.2, 0.25) is 0 Å². The molecule has 0 bridgehead atoms. The van der Waals surface area contributed by atoms with Crippen LogP contribution in [0, 0.1) is 0 Å². The van der Waals surface area contributed by atoms with E-state index >= 15 is 0 Å². The van der Waals surface area contributed by atoms with E-state index in [1.807, 2.05) is 0 Å². The summed E-state index contributed by atoms with van der Waals surface area (Å²) in [5, 5.41) is 19.9. The number of nitrogens with one attached hydrogen (secondary N) is 1. The van der Waals surface area contributed by atoms with Gasteiger partial charge in [0.05, 0.1) is 0 Å². The Hall–Kier alpha value is -1.30. The minimum atomic E-state index is -0.932. The van der Waals surface area contributed by atoms with Gasteiger partial charge in [0.15, 0.2) is 0 Å². The van der Waals surface area contributed by atoms with Gasteiger partial charge in [-0.15, -0.1) is 0 Å². The number of aliphatic hydroxyl groups is 1. The Labute approximate surface area is 101 Å². The van der Waals surface area contributed by atoms with Crippen LogP contribution in [0.4, 0.5) is 4.79 Å². The molecule has 100 valence electrons. The van der Waals surface area contributed by atoms with E-state index in [9.17, 15) is 9.59 Å². The number of carboxylic acid groups (broad SMARTS) is 1. The van der Waals surface area contributed by atoms with Crippen LogP contribution in [-0.2, 0) is 9.53 Å². The molecule has 1 amide bonds. The van der Waals surface area contributed by atoms with Gasteiger partial charge in [0.1, 0.15) is 5.60 Å². The number of carbonyl (C=O) groups excluding carboxylic acids is 1. The van der Waals surface area contributed by atoms with Crippen LogP contribution in [0.3, 0.4) is 0 Å². The summed E-state index contributed by atoms with van der Waals surface area (Å²) >= 11 is 0. The minimum absolute atomic E-state index is 0.0551. The Balaban J connectivity index is 4.14. The molecule has 0 radical (unpaired) electrons. The van der Waals surface area contributed by atoms with E-state index in [0.29, 0.717) is 6.42 Å². The van der Waals surface area contributed by atoms with E-state index < -0.39 is 17.7 Å². The van der Waals surface area contributed by atoms with Gasteiger partial charge in [-0.2, -0.15) is 0 Å². The molecule has 0 aromatic carbocycles. The Bertz CT molecular complexity index is 259. The van der Waals surface area contributed by atoms with Crippen LogP contribution in [0.2, 0.25) is 0 Å². The molecule has 6 heteroatoms. The predicted molar refractivity (Wildman–Crippen MR) is 61.7 cm³/mol. The molecule has 0 aliphatic heterocycles. The molecule has 0 saturated heterocycles. The van der Waals surface area contributed by atoms with Crippen LogP contribution in [0.5, 0.6) is 0 Å². The molecule has 1 atom stereocenters. The van der Waals surface area contributed by atoms with E-state index in [1.54, 1.807) is 20.8 Å². The quantitative estimate of drug-likeness (QED) is 0.653. The number of hydrogen-bond donors (Lipinski definition) is 3. The summed E-state index contributed by atoms with van der Waals surface area (Å²) in [6.45, 7) is 5.11. The summed E-state index contributed by atoms with van der Waals surface area (Å²) in [6, 6.07) is -0.383. The summed E-state index contributed by atoms with van der Waals surface area (Å²) < 4.78 is 5.04. The minimum Gasteiger partial charge on any atom is -0.481 e. The van der Waals surface area contributed by atoms with Gasteiger partial charge in [0.25, 0.3) is 0 Å². The first-order valence-corrected chi connectivity index (χ1v) is 5.57. The molecule has 0 aliphatic rings. The first kappa shape index (κ1) is 15.7. The Morgan fingerprint density at radius 1 is 1.29 bits per heavy atom. The fraction of sp³-hybridized carbons (Fsp3) is 0.818. The van der Waals surface area contributed by atoms with Crippen molar-refractivity contribution in [3.05, 3.63) is 0 Å². The Morgan fingerprint density at radius 2 is 1.88 bits per heavy atom. The zero-order valence-electron chi connectivity index (χ0n) is 10.5. The molecular formula is C11H21NO5. The topological polar surface area (TPSA) is 95.9 Å². The molecule has 0 aromatic heterocycles. The highest BCUT2D eigenvalue weighted by atomic mass is 16.6. The maximum atomic E-state index is 11.4. The highest BCUT2D eigenvalue weighted by Gasteiger charge is 2.19. The fourth-order valence-corrected chi connectivity index (χ4v) is 1.22. The molecule has 1 unspecified atom stereocenters. The number of carboxylic acids is 1. The van der Waals surface area contributed by atoms with Gasteiger partial charge in [-0.3, -0.25) is 4.79 Å². The first-order chi connectivity index (χ1) is 7.74. The molecule has 0 spiro atoms. The van der Waals surface area contributed by atoms with Crippen molar-refractivity contribution in [1.82, 2.24) is 5.32 Å². The summed E-state index contributed by atoms with van der Waals surface area (Å²) in [7, 11) is 0. The van der Waals surface area contributed by atoms with Crippen molar-refractivity contribution in [2.75, 3.05) is 6.61 Å². The van der Waals surface area contributed by atoms with Crippen molar-refractivity contribution in [2.24, 2.45) is 0 Å². The second-order valence-corrected chi connectivity index (χ2v) is 4.79. The standard InChI is InChI=1S/C11H21NO5/c1-11(2,3)17-10(16)12-8(6-7-13)4-5-9(14)15/h8,13H,4-7H2,1-3H3,(H,12,16)(H,14,15). The lowest BCUT2D eigenvalue weighted by Gasteiger charge is -2.23. The fourth-order valence-electron chi connectivity index (χ4n) is 1.22. The van der Waals surface area contributed by atoms with Crippen molar-refractivity contribution in [2.45, 2.75) is 51.7 Å². The van der Waals surface area contributed by atoms with E-state index in [1.165, 1.54) is 0 Å². The lowest BCUT2D eigenvalue weighted by molar-refractivity contribution is -0.137. The number of rotatable bonds is 6. The van der Waals surface area contributed by atoms with Crippen LogP contribution < -0.4 is 5.32 Å². The van der Waals surface area contributed by atoms with Crippen molar-refractivity contribution in [3.63, 3.8) is 0 Å². The molecule has 0 saturated carbocycles. The molecule has 0 aliphatic carbocycles. The zero-order chi connectivity index (χ0) is 13.5. The van der Waals surface area contributed by atoms with Crippen LogP contribution >= 0.6 is 0 Å². The Morgan fingerprint density at radius 3 is 2.29 bits per heavy atom. The van der Waals surface area contributed by atoms with Crippen molar-refractivity contribution < 1.29 is 24.5 Å². The SMILES string of the molecule is CC(C)(C)OC(=O)NC(CCO)CCC(=O)O. The highest BCUT2D eigenvalue weighted by molar-refractivity contribution is 5.69. The largest absolute Gasteiger partial charge is 0.481 e. The lowest BCUT2D eigenvalue weighted by Crippen LogP contribution is -2.39. The van der Waals surface area contributed by atoms with Gasteiger partial charge < -0.3 is 20.3 Å². The van der Waals surface area contributed by atoms with Crippen LogP contribution in [-0.4, -0.2) is 40.5 Å². The summed E-state index contributed by atoms with van der Waals surface area (Å²) in [5.74, 6) is -0.932. The third-order valence-corrected chi connectivity index (χ3v) is 1.91. The molecule has 0 rings (SSSR count). The molecule has 0 fully saturated rings. The second kappa shape index (κ2) is 7.11. The highest BCUT2D eigenvalue weighted by Crippen LogP contribution is 2.08. The zero-order valence-corrected chi connectivity index (χ0v) is 10.5. The molecular weight excluding hydrogens is 226 g/mol. The first-order valence-electron chi connectivity index (χ1n) is 5.57. The molecule has 6 nitrogen and oxygen atoms in total. The number of ether oxygens (including phenoxy) is 1. The van der Waals surface area contributed by atoms with Gasteiger partial charge in [-0.25, -0.2) is 4.79 Å². The van der Waals surface area contributed by atoms with E-state index in [4.69, 9.17) is 14.9 Å². The average molecular weight is 247 g/mol. The van der Waals surface area contributed by atoms with Crippen LogP contribution in [0.25, 0.3) is 0 Å². The smallest absolute Gasteiger partial charge is 0.407 e. The van der Waals surface area contributed by atoms with E-state index in [0.717, 1.165) is 0 Å². The van der Waals surface area contributed by atoms with Gasteiger partial charge in [0, 0.05) is 19.1 Å². The van der Waals surface area contributed by atoms with Gasteiger partial charge in [-0.1, -0.05) is 0 Å². The average Bonchev–Trinajstić information content (AvgIpc) is 2.11. The number of alkyl carbamates (subject to hydrolysis) is 1. The van der Waals surface area contributed by atoms with Crippen molar-refractivity contribution in [1.29, 1.82) is 0 Å². The Kier molecular flexibility index (Phi) is 6.57. The van der Waals surface area contributed by atoms with Crippen LogP contribution in [0.15, 0.2) is 0 Å². The number of hydrogen-bond acceptors (Lipinski definition) is 4. The normalized spacial score (nSPS) is 12.9. The predicted octanol–water partition coefficient (Wildman–Crippen LogP) is 1.13. The molecule has 17 heavy (non-hydrogen) atoms. The number of amides is 1. The lowest BCUT2D eigenvalue weighted by atomic mass is 10.1. The maximum absolute atomic E-state index is 11.4. The van der Waals surface area contributed by atoms with Gasteiger partial charge in [-0.05, 0) is 33.6 Å². The second-order valence-electron chi connectivity index (χ2n) is 4.79. The van der Waals surface area contributed by atoms with Gasteiger partial charge >= 0.3 is 12.1 Å². The van der Waals surface area contributed by atoms with E-state index in [2.05, 4.69) is 5.32 Å². The molecule has 3 N–H and O–H groups in total. The summed E-state index contributed by atoms with van der Waals surface area (Å²) in [4.78, 5) is 21.8. The number of aliphatic carboxylic acids is 1. The van der Waals surface area contributed by atoms with E-state index in [-0.39, 0.29) is 25.5 Å². The number of aliphatic hydroxyl groups excluding tert-OH is 1. The third kappa shape index (κ3) is 9.62. The molecule has 0 aromatic rings. The third-order valence-electron chi connectivity index (χ3n) is 1.91. The summed E-state index contributed by atoms with van der Waals surface area (Å²) in [5.41, 5.74) is -0.597.